The lowest BCUT2D eigenvalue weighted by atomic mass is 10.2. The number of rotatable bonds is 7. The lowest BCUT2D eigenvalue weighted by Crippen LogP contribution is -2.16. The number of carbonyl (C=O) groups is 2. The highest BCUT2D eigenvalue weighted by Crippen LogP contribution is 2.13. The summed E-state index contributed by atoms with van der Waals surface area (Å²) in [6, 6.07) is 14.2. The molecule has 3 aromatic rings. The summed E-state index contributed by atoms with van der Waals surface area (Å²) in [7, 11) is 0. The van der Waals surface area contributed by atoms with E-state index in [0.717, 1.165) is 0 Å². The van der Waals surface area contributed by atoms with Crippen LogP contribution in [0.2, 0.25) is 0 Å². The molecular formula is C21H16F2N2O4. The van der Waals surface area contributed by atoms with Crippen LogP contribution in [0.4, 0.5) is 14.5 Å². The van der Waals surface area contributed by atoms with Crippen LogP contribution in [0.3, 0.4) is 0 Å². The maximum Gasteiger partial charge on any atom is 0.344 e. The number of anilines is 1. The molecule has 0 unspecified atom stereocenters. The number of ether oxygens (including phenoxy) is 2. The van der Waals surface area contributed by atoms with Crippen LogP contribution in [0.25, 0.3) is 0 Å². The van der Waals surface area contributed by atoms with Crippen LogP contribution in [0, 0.1) is 11.6 Å². The fourth-order valence-corrected chi connectivity index (χ4v) is 2.28. The highest BCUT2D eigenvalue weighted by atomic mass is 19.1. The van der Waals surface area contributed by atoms with Gasteiger partial charge in [-0.05, 0) is 36.4 Å². The van der Waals surface area contributed by atoms with Gasteiger partial charge in [0.1, 0.15) is 18.2 Å². The van der Waals surface area contributed by atoms with E-state index >= 15 is 0 Å². The van der Waals surface area contributed by atoms with E-state index < -0.39 is 30.1 Å². The predicted octanol–water partition coefficient (Wildman–Crippen LogP) is 3.73. The zero-order chi connectivity index (χ0) is 20.6. The van der Waals surface area contributed by atoms with Crippen LogP contribution < -0.4 is 10.1 Å². The Morgan fingerprint density at radius 3 is 2.41 bits per heavy atom. The number of hydrogen-bond acceptors (Lipinski definition) is 5. The third kappa shape index (κ3) is 5.83. The average Bonchev–Trinajstić information content (AvgIpc) is 2.73. The molecule has 0 saturated carbocycles. The first kappa shape index (κ1) is 19.9. The van der Waals surface area contributed by atoms with Crippen molar-refractivity contribution in [3.05, 3.63) is 89.6 Å². The third-order valence-electron chi connectivity index (χ3n) is 3.79. The minimum Gasteiger partial charge on any atom is -0.466 e. The Hall–Kier alpha value is -3.81. The molecule has 0 aliphatic carbocycles. The van der Waals surface area contributed by atoms with Crippen molar-refractivity contribution in [2.75, 3.05) is 11.9 Å². The van der Waals surface area contributed by atoms with Crippen molar-refractivity contribution in [2.24, 2.45) is 0 Å². The van der Waals surface area contributed by atoms with Gasteiger partial charge in [0, 0.05) is 23.5 Å². The lowest BCUT2D eigenvalue weighted by Gasteiger charge is -2.08. The summed E-state index contributed by atoms with van der Waals surface area (Å²) >= 11 is 0. The maximum atomic E-state index is 13.5. The molecule has 0 aliphatic rings. The van der Waals surface area contributed by atoms with E-state index in [1.807, 2.05) is 0 Å². The molecule has 0 fully saturated rings. The van der Waals surface area contributed by atoms with Gasteiger partial charge in [0.2, 0.25) is 5.88 Å². The quantitative estimate of drug-likeness (QED) is 0.614. The molecule has 0 saturated heterocycles. The molecule has 1 N–H and O–H groups in total. The highest BCUT2D eigenvalue weighted by molar-refractivity contribution is 6.04. The number of benzene rings is 2. The normalized spacial score (nSPS) is 10.3. The van der Waals surface area contributed by atoms with Crippen LogP contribution in [0.15, 0.2) is 66.9 Å². The Bertz CT molecular complexity index is 992. The van der Waals surface area contributed by atoms with Gasteiger partial charge in [-0.1, -0.05) is 18.2 Å². The summed E-state index contributed by atoms with van der Waals surface area (Å²) in [5.41, 5.74) is 0.952. The summed E-state index contributed by atoms with van der Waals surface area (Å²) in [4.78, 5) is 27.8. The molecule has 0 atom stereocenters. The van der Waals surface area contributed by atoms with Gasteiger partial charge < -0.3 is 14.8 Å². The van der Waals surface area contributed by atoms with Gasteiger partial charge in [0.15, 0.2) is 6.61 Å². The van der Waals surface area contributed by atoms with Gasteiger partial charge in [0.05, 0.1) is 5.56 Å². The van der Waals surface area contributed by atoms with E-state index in [2.05, 4.69) is 10.3 Å². The van der Waals surface area contributed by atoms with Gasteiger partial charge in [-0.15, -0.1) is 0 Å². The van der Waals surface area contributed by atoms with Gasteiger partial charge >= 0.3 is 5.97 Å². The number of hydrogen-bond donors (Lipinski definition) is 1. The number of carbonyl (C=O) groups excluding carboxylic acids is 2. The lowest BCUT2D eigenvalue weighted by molar-refractivity contribution is -0.147. The van der Waals surface area contributed by atoms with E-state index in [-0.39, 0.29) is 23.6 Å². The Kier molecular flexibility index (Phi) is 6.47. The van der Waals surface area contributed by atoms with Gasteiger partial charge in [0.25, 0.3) is 5.91 Å². The van der Waals surface area contributed by atoms with Crippen molar-refractivity contribution in [3.63, 3.8) is 0 Å². The highest BCUT2D eigenvalue weighted by Gasteiger charge is 2.10. The van der Waals surface area contributed by atoms with Crippen LogP contribution in [-0.2, 0) is 16.1 Å². The van der Waals surface area contributed by atoms with Crippen LogP contribution in [0.5, 0.6) is 5.88 Å². The molecule has 148 valence electrons. The fraction of sp³-hybridized carbons (Fsp3) is 0.0952. The molecule has 0 radical (unpaired) electrons. The SMILES string of the molecule is O=C(COc1ccc(C(=O)Nc2ccc(F)cc2)cn1)OCc1ccccc1F. The Labute approximate surface area is 165 Å². The molecule has 1 aromatic heterocycles. The molecule has 1 amide bonds. The smallest absolute Gasteiger partial charge is 0.344 e. The number of nitrogens with zero attached hydrogens (tertiary/aromatic N) is 1. The van der Waals surface area contributed by atoms with E-state index in [0.29, 0.717) is 5.69 Å². The van der Waals surface area contributed by atoms with Crippen molar-refractivity contribution in [1.82, 2.24) is 4.98 Å². The molecule has 8 heteroatoms. The Morgan fingerprint density at radius 2 is 1.72 bits per heavy atom. The Balaban J connectivity index is 1.47. The van der Waals surface area contributed by atoms with Crippen molar-refractivity contribution >= 4 is 17.6 Å². The molecule has 0 spiro atoms. The molecule has 1 heterocycles. The summed E-state index contributed by atoms with van der Waals surface area (Å²) in [6.07, 6.45) is 1.28. The standard InChI is InChI=1S/C21H16F2N2O4/c22-16-6-8-17(9-7-16)25-21(27)14-5-10-19(24-11-14)28-13-20(26)29-12-15-3-1-2-4-18(15)23/h1-11H,12-13H2,(H,25,27). The first-order chi connectivity index (χ1) is 14.0. The number of halogens is 2. The molecular weight excluding hydrogens is 382 g/mol. The van der Waals surface area contributed by atoms with E-state index in [1.165, 1.54) is 54.7 Å². The van der Waals surface area contributed by atoms with Crippen molar-refractivity contribution < 1.29 is 27.8 Å². The van der Waals surface area contributed by atoms with Gasteiger partial charge in [-0.25, -0.2) is 18.6 Å². The Morgan fingerprint density at radius 1 is 0.966 bits per heavy atom. The second-order valence-electron chi connectivity index (χ2n) is 5.89. The predicted molar refractivity (Wildman–Crippen MR) is 100 cm³/mol. The van der Waals surface area contributed by atoms with Crippen molar-refractivity contribution in [1.29, 1.82) is 0 Å². The molecule has 29 heavy (non-hydrogen) atoms. The number of aromatic nitrogens is 1. The second-order valence-corrected chi connectivity index (χ2v) is 5.89. The van der Waals surface area contributed by atoms with Gasteiger partial charge in [-0.3, -0.25) is 4.79 Å². The number of esters is 1. The van der Waals surface area contributed by atoms with E-state index in [9.17, 15) is 18.4 Å². The first-order valence-corrected chi connectivity index (χ1v) is 8.56. The summed E-state index contributed by atoms with van der Waals surface area (Å²) in [5.74, 6) is -1.87. The van der Waals surface area contributed by atoms with Crippen LogP contribution in [0.1, 0.15) is 15.9 Å². The van der Waals surface area contributed by atoms with Crippen LogP contribution >= 0.6 is 0 Å². The summed E-state index contributed by atoms with van der Waals surface area (Å²) in [6.45, 7) is -0.618. The average molecular weight is 398 g/mol. The minimum absolute atomic E-state index is 0.117. The molecule has 2 aromatic carbocycles. The third-order valence-corrected chi connectivity index (χ3v) is 3.79. The summed E-state index contributed by atoms with van der Waals surface area (Å²) in [5, 5.41) is 2.60. The van der Waals surface area contributed by atoms with Crippen molar-refractivity contribution in [2.45, 2.75) is 6.61 Å². The number of pyridine rings is 1. The zero-order valence-electron chi connectivity index (χ0n) is 15.1. The van der Waals surface area contributed by atoms with Gasteiger partial charge in [-0.2, -0.15) is 0 Å². The zero-order valence-corrected chi connectivity index (χ0v) is 15.1. The summed E-state index contributed by atoms with van der Waals surface area (Å²) < 4.78 is 36.5. The first-order valence-electron chi connectivity index (χ1n) is 8.56. The number of amides is 1. The minimum atomic E-state index is -0.687. The van der Waals surface area contributed by atoms with Crippen molar-refractivity contribution in [3.8, 4) is 5.88 Å². The fourth-order valence-electron chi connectivity index (χ4n) is 2.28. The molecule has 0 bridgehead atoms. The van der Waals surface area contributed by atoms with Crippen LogP contribution in [-0.4, -0.2) is 23.5 Å². The molecule has 6 nitrogen and oxygen atoms in total. The van der Waals surface area contributed by atoms with E-state index in [4.69, 9.17) is 9.47 Å². The molecule has 3 rings (SSSR count). The second kappa shape index (κ2) is 9.41. The molecule has 0 aliphatic heterocycles. The topological polar surface area (TPSA) is 77.5 Å². The number of nitrogens with one attached hydrogen (secondary N) is 1. The van der Waals surface area contributed by atoms with E-state index in [1.54, 1.807) is 12.1 Å². The maximum absolute atomic E-state index is 13.5. The monoisotopic (exact) mass is 398 g/mol. The largest absolute Gasteiger partial charge is 0.466 e.